The molecule has 3 aliphatic rings. The Bertz CT molecular complexity index is 415. The molecule has 2 fully saturated rings. The van der Waals surface area contributed by atoms with Gasteiger partial charge in [0.2, 0.25) is 0 Å². The molecule has 84 valence electrons. The monoisotopic (exact) mass is 213 g/mol. The van der Waals surface area contributed by atoms with Crippen molar-refractivity contribution in [2.45, 2.75) is 44.1 Å². The van der Waals surface area contributed by atoms with E-state index in [1.807, 2.05) is 0 Å². The molecule has 1 atom stereocenters. The lowest BCUT2D eigenvalue weighted by atomic mass is 9.89. The van der Waals surface area contributed by atoms with Crippen molar-refractivity contribution in [3.05, 3.63) is 34.9 Å². The minimum absolute atomic E-state index is 0.683. The van der Waals surface area contributed by atoms with Gasteiger partial charge in [-0.1, -0.05) is 18.2 Å². The largest absolute Gasteiger partial charge is 0.309 e. The van der Waals surface area contributed by atoms with Crippen LogP contribution < -0.4 is 5.32 Å². The van der Waals surface area contributed by atoms with Crippen molar-refractivity contribution in [2.75, 3.05) is 6.54 Å². The molecule has 0 radical (unpaired) electrons. The summed E-state index contributed by atoms with van der Waals surface area (Å²) in [6.45, 7) is 1.18. The van der Waals surface area contributed by atoms with E-state index < -0.39 is 0 Å². The minimum atomic E-state index is 0.683. The molecule has 1 aliphatic heterocycles. The number of hydrogen-bond acceptors (Lipinski definition) is 1. The summed E-state index contributed by atoms with van der Waals surface area (Å²) in [7, 11) is 0. The van der Waals surface area contributed by atoms with Gasteiger partial charge in [0.15, 0.2) is 0 Å². The minimum Gasteiger partial charge on any atom is -0.309 e. The highest BCUT2D eigenvalue weighted by molar-refractivity contribution is 5.39. The SMILES string of the molecule is c1cc2c(cc1C1CC1)C(C1CC1)NCC2. The number of hydrogen-bond donors (Lipinski definition) is 1. The molecule has 4 rings (SSSR count). The van der Waals surface area contributed by atoms with E-state index in [9.17, 15) is 0 Å². The van der Waals surface area contributed by atoms with E-state index in [0.717, 1.165) is 11.8 Å². The highest BCUT2D eigenvalue weighted by Gasteiger charge is 2.35. The van der Waals surface area contributed by atoms with Crippen LogP contribution in [0.25, 0.3) is 0 Å². The summed E-state index contributed by atoms with van der Waals surface area (Å²) in [5, 5.41) is 3.72. The summed E-state index contributed by atoms with van der Waals surface area (Å²) in [5.41, 5.74) is 4.85. The van der Waals surface area contributed by atoms with Crippen molar-refractivity contribution in [1.82, 2.24) is 5.32 Å². The quantitative estimate of drug-likeness (QED) is 0.795. The Morgan fingerprint density at radius 2 is 1.94 bits per heavy atom. The molecule has 1 nitrogen and oxygen atoms in total. The van der Waals surface area contributed by atoms with E-state index in [-0.39, 0.29) is 0 Å². The van der Waals surface area contributed by atoms with E-state index in [2.05, 4.69) is 23.5 Å². The van der Waals surface area contributed by atoms with Gasteiger partial charge in [0.05, 0.1) is 0 Å². The third-order valence-corrected chi connectivity index (χ3v) is 4.41. The number of rotatable bonds is 2. The Balaban J connectivity index is 1.74. The van der Waals surface area contributed by atoms with Gasteiger partial charge < -0.3 is 5.32 Å². The van der Waals surface area contributed by atoms with Crippen LogP contribution in [-0.2, 0) is 6.42 Å². The standard InChI is InChI=1S/C15H19N/c1-2-10(1)13-6-3-11-7-8-16-15(12-4-5-12)14(11)9-13/h3,6,9-10,12,15-16H,1-2,4-5,7-8H2. The first kappa shape index (κ1) is 9.23. The Morgan fingerprint density at radius 1 is 1.06 bits per heavy atom. The third-order valence-electron chi connectivity index (χ3n) is 4.41. The fraction of sp³-hybridized carbons (Fsp3) is 0.600. The van der Waals surface area contributed by atoms with Gasteiger partial charge in [-0.25, -0.2) is 0 Å². The molecule has 1 aromatic rings. The number of benzene rings is 1. The zero-order valence-corrected chi connectivity index (χ0v) is 9.71. The first-order valence-corrected chi connectivity index (χ1v) is 6.78. The summed E-state index contributed by atoms with van der Waals surface area (Å²) in [5.74, 6) is 1.83. The zero-order chi connectivity index (χ0) is 10.5. The summed E-state index contributed by atoms with van der Waals surface area (Å²) in [4.78, 5) is 0. The van der Waals surface area contributed by atoms with Gasteiger partial charge in [-0.2, -0.15) is 0 Å². The van der Waals surface area contributed by atoms with Crippen LogP contribution in [0.1, 0.15) is 54.3 Å². The number of nitrogens with one attached hydrogen (secondary N) is 1. The van der Waals surface area contributed by atoms with Crippen molar-refractivity contribution >= 4 is 0 Å². The van der Waals surface area contributed by atoms with Gasteiger partial charge in [0.1, 0.15) is 0 Å². The Hall–Kier alpha value is -0.820. The molecular formula is C15H19N. The fourth-order valence-electron chi connectivity index (χ4n) is 3.12. The van der Waals surface area contributed by atoms with E-state index in [1.54, 1.807) is 16.7 Å². The molecule has 0 bridgehead atoms. The fourth-order valence-corrected chi connectivity index (χ4v) is 3.12. The second-order valence-corrected chi connectivity index (χ2v) is 5.75. The van der Waals surface area contributed by atoms with Crippen LogP contribution in [0.5, 0.6) is 0 Å². The molecule has 0 amide bonds. The summed E-state index contributed by atoms with van der Waals surface area (Å²) < 4.78 is 0. The van der Waals surface area contributed by atoms with Gasteiger partial charge in [-0.15, -0.1) is 0 Å². The van der Waals surface area contributed by atoms with Crippen molar-refractivity contribution in [3.63, 3.8) is 0 Å². The van der Waals surface area contributed by atoms with Gasteiger partial charge in [-0.3, -0.25) is 0 Å². The second kappa shape index (κ2) is 3.33. The molecule has 1 aromatic carbocycles. The molecule has 0 aromatic heterocycles. The molecular weight excluding hydrogens is 194 g/mol. The molecule has 0 saturated heterocycles. The van der Waals surface area contributed by atoms with Crippen LogP contribution in [-0.4, -0.2) is 6.54 Å². The van der Waals surface area contributed by atoms with E-state index in [1.165, 1.54) is 38.6 Å². The maximum Gasteiger partial charge on any atom is 0.0351 e. The Labute approximate surface area is 97.2 Å². The third kappa shape index (κ3) is 1.49. The van der Waals surface area contributed by atoms with Crippen LogP contribution in [0.4, 0.5) is 0 Å². The van der Waals surface area contributed by atoms with E-state index in [4.69, 9.17) is 0 Å². The predicted octanol–water partition coefficient (Wildman–Crippen LogP) is 3.16. The summed E-state index contributed by atoms with van der Waals surface area (Å²) >= 11 is 0. The van der Waals surface area contributed by atoms with Gasteiger partial charge in [0.25, 0.3) is 0 Å². The van der Waals surface area contributed by atoms with Crippen LogP contribution in [0.2, 0.25) is 0 Å². The van der Waals surface area contributed by atoms with Crippen LogP contribution in [0.15, 0.2) is 18.2 Å². The average Bonchev–Trinajstić information content (AvgIpc) is 3.19. The van der Waals surface area contributed by atoms with Crippen LogP contribution in [0.3, 0.4) is 0 Å². The van der Waals surface area contributed by atoms with E-state index in [0.29, 0.717) is 6.04 Å². The maximum atomic E-state index is 3.72. The highest BCUT2D eigenvalue weighted by atomic mass is 14.9. The number of fused-ring (bicyclic) bond motifs is 1. The molecule has 0 spiro atoms. The van der Waals surface area contributed by atoms with E-state index >= 15 is 0 Å². The normalized spacial score (nSPS) is 28.9. The molecule has 2 saturated carbocycles. The second-order valence-electron chi connectivity index (χ2n) is 5.75. The predicted molar refractivity (Wildman–Crippen MR) is 65.6 cm³/mol. The van der Waals surface area contributed by atoms with Crippen molar-refractivity contribution < 1.29 is 0 Å². The lowest BCUT2D eigenvalue weighted by Crippen LogP contribution is -2.31. The summed E-state index contributed by atoms with van der Waals surface area (Å²) in [6.07, 6.45) is 6.93. The molecule has 1 N–H and O–H groups in total. The van der Waals surface area contributed by atoms with Gasteiger partial charge >= 0.3 is 0 Å². The Kier molecular flexibility index (Phi) is 1.92. The average molecular weight is 213 g/mol. The maximum absolute atomic E-state index is 3.72. The molecule has 1 heterocycles. The first-order chi connectivity index (χ1) is 7.92. The zero-order valence-electron chi connectivity index (χ0n) is 9.71. The van der Waals surface area contributed by atoms with Gasteiger partial charge in [-0.05, 0) is 67.2 Å². The lowest BCUT2D eigenvalue weighted by Gasteiger charge is -2.27. The first-order valence-electron chi connectivity index (χ1n) is 6.78. The van der Waals surface area contributed by atoms with Crippen molar-refractivity contribution in [1.29, 1.82) is 0 Å². The lowest BCUT2D eigenvalue weighted by molar-refractivity contribution is 0.457. The summed E-state index contributed by atoms with van der Waals surface area (Å²) in [6, 6.07) is 7.98. The van der Waals surface area contributed by atoms with Crippen molar-refractivity contribution in [3.8, 4) is 0 Å². The molecule has 1 unspecified atom stereocenters. The smallest absolute Gasteiger partial charge is 0.0351 e. The molecule has 16 heavy (non-hydrogen) atoms. The topological polar surface area (TPSA) is 12.0 Å². The molecule has 1 heteroatoms. The van der Waals surface area contributed by atoms with Crippen LogP contribution in [0, 0.1) is 5.92 Å². The van der Waals surface area contributed by atoms with Gasteiger partial charge in [0, 0.05) is 6.04 Å². The Morgan fingerprint density at radius 3 is 2.69 bits per heavy atom. The molecule has 2 aliphatic carbocycles. The highest BCUT2D eigenvalue weighted by Crippen LogP contribution is 2.46. The van der Waals surface area contributed by atoms with Crippen LogP contribution >= 0.6 is 0 Å². The van der Waals surface area contributed by atoms with Crippen molar-refractivity contribution in [2.24, 2.45) is 5.92 Å².